The zero-order chi connectivity index (χ0) is 16.8. The Balaban J connectivity index is 2.03. The maximum Gasteiger partial charge on any atom is 0.405 e. The largest absolute Gasteiger partial charge is 0.405 e. The zero-order valence-electron chi connectivity index (χ0n) is 12.9. The Morgan fingerprint density at radius 3 is 2.30 bits per heavy atom. The van der Waals surface area contributed by atoms with Crippen LogP contribution in [-0.2, 0) is 10.0 Å². The third kappa shape index (κ3) is 3.01. The molecule has 7 heteroatoms. The quantitative estimate of drug-likeness (QED) is 0.814. The van der Waals surface area contributed by atoms with E-state index in [1.54, 1.807) is 12.1 Å². The number of hydrogen-bond donors (Lipinski definition) is 0. The van der Waals surface area contributed by atoms with Gasteiger partial charge in [0.1, 0.15) is 6.04 Å². The number of sulfonamides is 1. The predicted octanol–water partition coefficient (Wildman–Crippen LogP) is 3.88. The van der Waals surface area contributed by atoms with Crippen LogP contribution in [0.2, 0.25) is 0 Å². The van der Waals surface area contributed by atoms with Gasteiger partial charge in [-0.3, -0.25) is 0 Å². The number of fused-ring (bicyclic) bond motifs is 1. The van der Waals surface area contributed by atoms with E-state index in [1.165, 1.54) is 12.1 Å². The van der Waals surface area contributed by atoms with Crippen molar-refractivity contribution in [3.63, 3.8) is 0 Å². The van der Waals surface area contributed by atoms with Gasteiger partial charge in [0.2, 0.25) is 10.0 Å². The van der Waals surface area contributed by atoms with Crippen LogP contribution in [-0.4, -0.2) is 31.0 Å². The van der Waals surface area contributed by atoms with Crippen molar-refractivity contribution in [2.75, 3.05) is 0 Å². The van der Waals surface area contributed by atoms with Crippen molar-refractivity contribution in [3.8, 4) is 0 Å². The third-order valence-corrected chi connectivity index (χ3v) is 6.95. The highest BCUT2D eigenvalue weighted by atomic mass is 32.2. The summed E-state index contributed by atoms with van der Waals surface area (Å²) in [5.74, 6) is -0.185. The second-order valence-electron chi connectivity index (χ2n) is 6.55. The number of alkyl halides is 3. The van der Waals surface area contributed by atoms with Crippen molar-refractivity contribution in [2.45, 2.75) is 62.2 Å². The van der Waals surface area contributed by atoms with Crippen LogP contribution < -0.4 is 0 Å². The van der Waals surface area contributed by atoms with Crippen molar-refractivity contribution >= 4 is 10.0 Å². The molecule has 0 spiro atoms. The minimum absolute atomic E-state index is 0.0522. The van der Waals surface area contributed by atoms with E-state index in [1.807, 2.05) is 6.92 Å². The Kier molecular flexibility index (Phi) is 4.21. The monoisotopic (exact) mass is 347 g/mol. The maximum absolute atomic E-state index is 13.5. The lowest BCUT2D eigenvalue weighted by molar-refractivity contribution is -0.167. The van der Waals surface area contributed by atoms with E-state index in [-0.39, 0.29) is 17.2 Å². The minimum atomic E-state index is -4.53. The molecule has 1 aromatic carbocycles. The van der Waals surface area contributed by atoms with Crippen LogP contribution in [0, 0.1) is 12.8 Å². The first-order valence-corrected chi connectivity index (χ1v) is 9.32. The topological polar surface area (TPSA) is 37.4 Å². The van der Waals surface area contributed by atoms with Gasteiger partial charge in [-0.1, -0.05) is 30.5 Å². The summed E-state index contributed by atoms with van der Waals surface area (Å²) in [6.07, 6.45) is -1.79. The smallest absolute Gasteiger partial charge is 0.207 e. The Morgan fingerprint density at radius 1 is 1.09 bits per heavy atom. The maximum atomic E-state index is 13.5. The number of hydrogen-bond acceptors (Lipinski definition) is 2. The van der Waals surface area contributed by atoms with Gasteiger partial charge in [-0.2, -0.15) is 17.5 Å². The van der Waals surface area contributed by atoms with Crippen LogP contribution in [0.15, 0.2) is 29.2 Å². The molecule has 0 amide bonds. The van der Waals surface area contributed by atoms with Crippen molar-refractivity contribution in [1.29, 1.82) is 0 Å². The van der Waals surface area contributed by atoms with Gasteiger partial charge < -0.3 is 0 Å². The van der Waals surface area contributed by atoms with Crippen molar-refractivity contribution in [2.24, 2.45) is 5.92 Å². The molecule has 1 saturated heterocycles. The SMILES string of the molecule is Cc1ccc(S(=O)(=O)N2[C@@H]3CCCC[C@@H]3C[C@H]2C(F)(F)F)cc1. The van der Waals surface area contributed by atoms with E-state index in [0.717, 1.165) is 22.7 Å². The second kappa shape index (κ2) is 5.77. The van der Waals surface area contributed by atoms with Gasteiger partial charge in [0.05, 0.1) is 4.90 Å². The van der Waals surface area contributed by atoms with Crippen LogP contribution in [0.1, 0.15) is 37.7 Å². The van der Waals surface area contributed by atoms with E-state index in [0.29, 0.717) is 12.8 Å². The second-order valence-corrected chi connectivity index (χ2v) is 8.40. The van der Waals surface area contributed by atoms with Gasteiger partial charge in [0.15, 0.2) is 0 Å². The first-order chi connectivity index (χ1) is 10.7. The molecule has 0 unspecified atom stereocenters. The molecule has 1 heterocycles. The van der Waals surface area contributed by atoms with Gasteiger partial charge in [-0.15, -0.1) is 0 Å². The fourth-order valence-electron chi connectivity index (χ4n) is 3.88. The molecule has 0 aromatic heterocycles. The summed E-state index contributed by atoms with van der Waals surface area (Å²) in [4.78, 5) is -0.0522. The summed E-state index contributed by atoms with van der Waals surface area (Å²) >= 11 is 0. The molecule has 1 saturated carbocycles. The van der Waals surface area contributed by atoms with Crippen LogP contribution >= 0.6 is 0 Å². The number of halogens is 3. The van der Waals surface area contributed by atoms with Gasteiger partial charge in [-0.05, 0) is 44.2 Å². The number of rotatable bonds is 2. The molecule has 23 heavy (non-hydrogen) atoms. The minimum Gasteiger partial charge on any atom is -0.207 e. The van der Waals surface area contributed by atoms with Crippen LogP contribution in [0.5, 0.6) is 0 Å². The average Bonchev–Trinajstić information content (AvgIpc) is 2.88. The van der Waals surface area contributed by atoms with Crippen molar-refractivity contribution < 1.29 is 21.6 Å². The Bertz CT molecular complexity index is 670. The summed E-state index contributed by atoms with van der Waals surface area (Å²) in [5.41, 5.74) is 0.869. The Morgan fingerprint density at radius 2 is 1.70 bits per heavy atom. The lowest BCUT2D eigenvalue weighted by Gasteiger charge is -2.33. The summed E-state index contributed by atoms with van der Waals surface area (Å²) in [6.45, 7) is 1.81. The van der Waals surface area contributed by atoms with Gasteiger partial charge >= 0.3 is 6.18 Å². The first kappa shape index (κ1) is 16.8. The standard InChI is InChI=1S/C16H20F3NO2S/c1-11-6-8-13(9-7-11)23(21,22)20-14-5-3-2-4-12(14)10-15(20)16(17,18)19/h6-9,12,14-15H,2-5,10H2,1H3/t12-,14-,15+/m1/s1. The molecule has 0 radical (unpaired) electrons. The van der Waals surface area contributed by atoms with Crippen molar-refractivity contribution in [3.05, 3.63) is 29.8 Å². The molecule has 3 nitrogen and oxygen atoms in total. The number of aryl methyl sites for hydroxylation is 1. The molecule has 1 aliphatic heterocycles. The molecule has 128 valence electrons. The Labute approximate surface area is 134 Å². The van der Waals surface area contributed by atoms with E-state index in [2.05, 4.69) is 0 Å². The molecule has 2 fully saturated rings. The van der Waals surface area contributed by atoms with E-state index in [9.17, 15) is 21.6 Å². The van der Waals surface area contributed by atoms with Crippen LogP contribution in [0.4, 0.5) is 13.2 Å². The normalized spacial score (nSPS) is 29.5. The molecular weight excluding hydrogens is 327 g/mol. The molecule has 0 bridgehead atoms. The molecule has 2 aliphatic rings. The highest BCUT2D eigenvalue weighted by Gasteiger charge is 2.57. The van der Waals surface area contributed by atoms with Gasteiger partial charge in [-0.25, -0.2) is 8.42 Å². The summed E-state index contributed by atoms with van der Waals surface area (Å²) < 4.78 is 66.9. The van der Waals surface area contributed by atoms with Crippen LogP contribution in [0.3, 0.4) is 0 Å². The lowest BCUT2D eigenvalue weighted by Crippen LogP contribution is -2.48. The molecule has 3 atom stereocenters. The predicted molar refractivity (Wildman–Crippen MR) is 80.4 cm³/mol. The number of nitrogens with zero attached hydrogens (tertiary/aromatic N) is 1. The van der Waals surface area contributed by atoms with Gasteiger partial charge in [0, 0.05) is 6.04 Å². The molecule has 1 aromatic rings. The molecule has 3 rings (SSSR count). The van der Waals surface area contributed by atoms with E-state index in [4.69, 9.17) is 0 Å². The lowest BCUT2D eigenvalue weighted by atomic mass is 9.85. The van der Waals surface area contributed by atoms with E-state index >= 15 is 0 Å². The van der Waals surface area contributed by atoms with Crippen molar-refractivity contribution in [1.82, 2.24) is 4.31 Å². The molecule has 1 aliphatic carbocycles. The summed E-state index contributed by atoms with van der Waals surface area (Å²) in [6, 6.07) is 3.60. The highest BCUT2D eigenvalue weighted by molar-refractivity contribution is 7.89. The highest BCUT2D eigenvalue weighted by Crippen LogP contribution is 2.47. The fourth-order valence-corrected chi connectivity index (χ4v) is 5.77. The molecule has 0 N–H and O–H groups in total. The first-order valence-electron chi connectivity index (χ1n) is 7.88. The van der Waals surface area contributed by atoms with E-state index < -0.39 is 28.3 Å². The summed E-state index contributed by atoms with van der Waals surface area (Å²) in [5, 5.41) is 0. The number of benzene rings is 1. The van der Waals surface area contributed by atoms with Crippen LogP contribution in [0.25, 0.3) is 0 Å². The molecular formula is C16H20F3NO2S. The summed E-state index contributed by atoms with van der Waals surface area (Å²) in [7, 11) is -4.14. The fraction of sp³-hybridized carbons (Fsp3) is 0.625. The third-order valence-electron chi connectivity index (χ3n) is 5.00. The average molecular weight is 347 g/mol. The zero-order valence-corrected chi connectivity index (χ0v) is 13.7. The Hall–Kier alpha value is -1.08. The van der Waals surface area contributed by atoms with Gasteiger partial charge in [0.25, 0.3) is 0 Å².